The van der Waals surface area contributed by atoms with Crippen molar-refractivity contribution in [3.8, 4) is 5.75 Å². The standard InChI is InChI=1S/C19H27NO4/c1-14-12-15(20-8-10-23-11-9-20)13-17(22-5)16(14)6-7-18(21)24-19(2,3)4/h6-7,12-13H,8-11H2,1-5H3/b7-6+. The molecule has 1 heterocycles. The lowest BCUT2D eigenvalue weighted by Crippen LogP contribution is -2.36. The summed E-state index contributed by atoms with van der Waals surface area (Å²) < 4.78 is 16.2. The number of aryl methyl sites for hydroxylation is 1. The Labute approximate surface area is 144 Å². The van der Waals surface area contributed by atoms with Crippen LogP contribution in [0.15, 0.2) is 18.2 Å². The van der Waals surface area contributed by atoms with Crippen molar-refractivity contribution in [1.29, 1.82) is 0 Å². The van der Waals surface area contributed by atoms with Crippen molar-refractivity contribution in [3.63, 3.8) is 0 Å². The number of carbonyl (C=O) groups excluding carboxylic acids is 1. The molecule has 0 spiro atoms. The van der Waals surface area contributed by atoms with Gasteiger partial charge in [-0.1, -0.05) is 0 Å². The van der Waals surface area contributed by atoms with E-state index in [4.69, 9.17) is 14.2 Å². The molecule has 24 heavy (non-hydrogen) atoms. The first kappa shape index (κ1) is 18.3. The summed E-state index contributed by atoms with van der Waals surface area (Å²) in [6.45, 7) is 10.8. The summed E-state index contributed by atoms with van der Waals surface area (Å²) in [5.74, 6) is 0.387. The van der Waals surface area contributed by atoms with E-state index in [1.807, 2.05) is 33.8 Å². The quantitative estimate of drug-likeness (QED) is 0.625. The summed E-state index contributed by atoms with van der Waals surface area (Å²) in [5.41, 5.74) is 2.55. The number of anilines is 1. The molecular weight excluding hydrogens is 306 g/mol. The van der Waals surface area contributed by atoms with Crippen molar-refractivity contribution in [2.75, 3.05) is 38.3 Å². The third kappa shape index (κ3) is 4.99. The molecular formula is C19H27NO4. The molecule has 132 valence electrons. The Balaban J connectivity index is 2.22. The lowest BCUT2D eigenvalue weighted by atomic mass is 10.0. The maximum Gasteiger partial charge on any atom is 0.331 e. The van der Waals surface area contributed by atoms with Crippen LogP contribution in [-0.2, 0) is 14.3 Å². The Morgan fingerprint density at radius 2 is 1.92 bits per heavy atom. The molecule has 1 saturated heterocycles. The lowest BCUT2D eigenvalue weighted by molar-refractivity contribution is -0.148. The predicted molar refractivity (Wildman–Crippen MR) is 95.6 cm³/mol. The number of rotatable bonds is 4. The first-order valence-electron chi connectivity index (χ1n) is 8.22. The van der Waals surface area contributed by atoms with Crippen molar-refractivity contribution < 1.29 is 19.0 Å². The minimum Gasteiger partial charge on any atom is -0.496 e. The number of esters is 1. The van der Waals surface area contributed by atoms with Crippen LogP contribution in [0.3, 0.4) is 0 Å². The van der Waals surface area contributed by atoms with Crippen LogP contribution in [0, 0.1) is 6.92 Å². The van der Waals surface area contributed by atoms with Crippen molar-refractivity contribution in [2.24, 2.45) is 0 Å². The second-order valence-corrected chi connectivity index (χ2v) is 6.84. The molecule has 1 fully saturated rings. The highest BCUT2D eigenvalue weighted by molar-refractivity contribution is 5.88. The SMILES string of the molecule is COc1cc(N2CCOCC2)cc(C)c1/C=C/C(=O)OC(C)(C)C. The largest absolute Gasteiger partial charge is 0.496 e. The van der Waals surface area contributed by atoms with E-state index in [1.54, 1.807) is 13.2 Å². The number of morpholine rings is 1. The fourth-order valence-corrected chi connectivity index (χ4v) is 2.62. The molecule has 0 unspecified atom stereocenters. The zero-order chi connectivity index (χ0) is 17.7. The molecule has 1 aliphatic heterocycles. The molecule has 2 rings (SSSR count). The van der Waals surface area contributed by atoms with Crippen LogP contribution in [0.4, 0.5) is 5.69 Å². The minimum absolute atomic E-state index is 0.360. The van der Waals surface area contributed by atoms with Gasteiger partial charge in [0.25, 0.3) is 0 Å². The van der Waals surface area contributed by atoms with Gasteiger partial charge in [-0.15, -0.1) is 0 Å². The molecule has 0 radical (unpaired) electrons. The van der Waals surface area contributed by atoms with Crippen LogP contribution >= 0.6 is 0 Å². The number of benzene rings is 1. The van der Waals surface area contributed by atoms with E-state index in [-0.39, 0.29) is 5.97 Å². The van der Waals surface area contributed by atoms with E-state index in [2.05, 4.69) is 11.0 Å². The van der Waals surface area contributed by atoms with Crippen LogP contribution in [0.1, 0.15) is 31.9 Å². The molecule has 5 heteroatoms. The summed E-state index contributed by atoms with van der Waals surface area (Å²) in [5, 5.41) is 0. The molecule has 5 nitrogen and oxygen atoms in total. The van der Waals surface area contributed by atoms with Crippen LogP contribution in [0.25, 0.3) is 6.08 Å². The topological polar surface area (TPSA) is 48.0 Å². The molecule has 0 saturated carbocycles. The smallest absolute Gasteiger partial charge is 0.331 e. The first-order chi connectivity index (χ1) is 11.3. The van der Waals surface area contributed by atoms with Crippen molar-refractivity contribution in [1.82, 2.24) is 0 Å². The molecule has 0 bridgehead atoms. The highest BCUT2D eigenvalue weighted by Crippen LogP contribution is 2.30. The summed E-state index contributed by atoms with van der Waals surface area (Å²) in [6.07, 6.45) is 3.20. The van der Waals surface area contributed by atoms with E-state index in [0.717, 1.165) is 48.9 Å². The Morgan fingerprint density at radius 1 is 1.25 bits per heavy atom. The fraction of sp³-hybridized carbons (Fsp3) is 0.526. The Hall–Kier alpha value is -2.01. The molecule has 0 aliphatic carbocycles. The molecule has 0 N–H and O–H groups in total. The van der Waals surface area contributed by atoms with Gasteiger partial charge in [-0.05, 0) is 45.4 Å². The van der Waals surface area contributed by atoms with Crippen LogP contribution < -0.4 is 9.64 Å². The summed E-state index contributed by atoms with van der Waals surface area (Å²) in [6, 6.07) is 4.12. The third-order valence-electron chi connectivity index (χ3n) is 3.72. The van der Waals surface area contributed by atoms with E-state index in [1.165, 1.54) is 6.08 Å². The van der Waals surface area contributed by atoms with Gasteiger partial charge in [0.1, 0.15) is 11.4 Å². The monoisotopic (exact) mass is 333 g/mol. The van der Waals surface area contributed by atoms with E-state index >= 15 is 0 Å². The Morgan fingerprint density at radius 3 is 2.50 bits per heavy atom. The molecule has 0 amide bonds. The number of carbonyl (C=O) groups is 1. The predicted octanol–water partition coefficient (Wildman–Crippen LogP) is 3.20. The van der Waals surface area contributed by atoms with Gasteiger partial charge < -0.3 is 19.1 Å². The number of hydrogen-bond donors (Lipinski definition) is 0. The number of nitrogens with zero attached hydrogens (tertiary/aromatic N) is 1. The molecule has 1 aliphatic rings. The van der Waals surface area contributed by atoms with Crippen molar-refractivity contribution in [2.45, 2.75) is 33.3 Å². The van der Waals surface area contributed by atoms with Crippen LogP contribution in [0.5, 0.6) is 5.75 Å². The second kappa shape index (κ2) is 7.71. The van der Waals surface area contributed by atoms with Gasteiger partial charge in [-0.25, -0.2) is 4.79 Å². The highest BCUT2D eigenvalue weighted by Gasteiger charge is 2.16. The third-order valence-corrected chi connectivity index (χ3v) is 3.72. The summed E-state index contributed by atoms with van der Waals surface area (Å²) in [4.78, 5) is 14.2. The minimum atomic E-state index is -0.499. The van der Waals surface area contributed by atoms with Gasteiger partial charge in [-0.3, -0.25) is 0 Å². The highest BCUT2D eigenvalue weighted by atomic mass is 16.6. The maximum atomic E-state index is 11.9. The average molecular weight is 333 g/mol. The molecule has 0 atom stereocenters. The summed E-state index contributed by atoms with van der Waals surface area (Å²) >= 11 is 0. The average Bonchev–Trinajstić information content (AvgIpc) is 2.52. The maximum absolute atomic E-state index is 11.9. The molecule has 0 aromatic heterocycles. The zero-order valence-electron chi connectivity index (χ0n) is 15.2. The van der Waals surface area contributed by atoms with Gasteiger partial charge in [0.15, 0.2) is 0 Å². The van der Waals surface area contributed by atoms with Crippen molar-refractivity contribution >= 4 is 17.7 Å². The van der Waals surface area contributed by atoms with E-state index in [9.17, 15) is 4.79 Å². The summed E-state index contributed by atoms with van der Waals surface area (Å²) in [7, 11) is 1.64. The van der Waals surface area contributed by atoms with Crippen LogP contribution in [-0.4, -0.2) is 45.0 Å². The lowest BCUT2D eigenvalue weighted by Gasteiger charge is -2.29. The molecule has 1 aromatic rings. The van der Waals surface area contributed by atoms with Gasteiger partial charge in [0.05, 0.1) is 20.3 Å². The number of methoxy groups -OCH3 is 1. The normalized spacial score (nSPS) is 15.6. The van der Waals surface area contributed by atoms with Gasteiger partial charge >= 0.3 is 5.97 Å². The fourth-order valence-electron chi connectivity index (χ4n) is 2.62. The Kier molecular flexibility index (Phi) is 5.89. The first-order valence-corrected chi connectivity index (χ1v) is 8.22. The van der Waals surface area contributed by atoms with Crippen LogP contribution in [0.2, 0.25) is 0 Å². The van der Waals surface area contributed by atoms with E-state index < -0.39 is 5.60 Å². The van der Waals surface area contributed by atoms with Gasteiger partial charge in [0, 0.05) is 36.5 Å². The number of hydrogen-bond acceptors (Lipinski definition) is 5. The zero-order valence-corrected chi connectivity index (χ0v) is 15.2. The van der Waals surface area contributed by atoms with E-state index in [0.29, 0.717) is 0 Å². The number of ether oxygens (including phenoxy) is 3. The Bertz CT molecular complexity index is 611. The van der Waals surface area contributed by atoms with Gasteiger partial charge in [-0.2, -0.15) is 0 Å². The second-order valence-electron chi connectivity index (χ2n) is 6.84. The van der Waals surface area contributed by atoms with Crippen molar-refractivity contribution in [3.05, 3.63) is 29.3 Å². The molecule has 1 aromatic carbocycles. The van der Waals surface area contributed by atoms with Gasteiger partial charge in [0.2, 0.25) is 0 Å².